The van der Waals surface area contributed by atoms with Gasteiger partial charge in [0, 0.05) is 25.0 Å². The van der Waals surface area contributed by atoms with Gasteiger partial charge in [-0.1, -0.05) is 48.5 Å². The lowest BCUT2D eigenvalue weighted by molar-refractivity contribution is -0.133. The van der Waals surface area contributed by atoms with Gasteiger partial charge >= 0.3 is 6.09 Å². The Morgan fingerprint density at radius 2 is 1.18 bits per heavy atom. The molecule has 5 amide bonds. The highest BCUT2D eigenvalue weighted by atomic mass is 16.6. The second kappa shape index (κ2) is 21.4. The molecule has 290 valence electrons. The molecule has 0 aromatic heterocycles. The molecule has 1 heterocycles. The van der Waals surface area contributed by atoms with E-state index in [0.29, 0.717) is 25.9 Å². The van der Waals surface area contributed by atoms with Crippen molar-refractivity contribution in [3.05, 3.63) is 0 Å². The second-order valence-electron chi connectivity index (χ2n) is 16.6. The standard InChI is InChI=1S/C37H69N5O8/c1-21(2)16-27(31(43)19-25(9)32(44)40-28(17-22(3)4)33(45)38-24(7)8)39-35(47)30(20-26-14-13-15-49-26)41-34(46)29(18-23(5)6)42-36(48)50-37(10,11)12/h21-31,43H,13-20H2,1-12H3,(H,38,45)(H,39,47)(H,40,44)(H,41,46)(H,42,48)/t25-,26?,27+,28+,29+,30+,31+/m1/s1. The Kier molecular flexibility index (Phi) is 19.3. The highest BCUT2D eigenvalue weighted by Crippen LogP contribution is 2.20. The maximum atomic E-state index is 13.9. The summed E-state index contributed by atoms with van der Waals surface area (Å²) in [5, 5.41) is 25.6. The Balaban J connectivity index is 3.15. The van der Waals surface area contributed by atoms with E-state index in [2.05, 4.69) is 26.6 Å². The minimum absolute atomic E-state index is 0.0444. The van der Waals surface area contributed by atoms with Gasteiger partial charge in [0.15, 0.2) is 0 Å². The lowest BCUT2D eigenvalue weighted by atomic mass is 9.91. The van der Waals surface area contributed by atoms with E-state index in [9.17, 15) is 29.1 Å². The molecule has 1 aliphatic heterocycles. The molecule has 13 nitrogen and oxygen atoms in total. The first-order chi connectivity index (χ1) is 23.1. The Hall–Kier alpha value is -2.93. The molecule has 0 radical (unpaired) electrons. The van der Waals surface area contributed by atoms with E-state index in [4.69, 9.17) is 9.47 Å². The topological polar surface area (TPSA) is 184 Å². The van der Waals surface area contributed by atoms with Crippen molar-refractivity contribution >= 4 is 29.7 Å². The fraction of sp³-hybridized carbons (Fsp3) is 0.865. The second-order valence-corrected chi connectivity index (χ2v) is 16.6. The maximum Gasteiger partial charge on any atom is 0.408 e. The predicted octanol–water partition coefficient (Wildman–Crippen LogP) is 3.95. The molecule has 1 rings (SSSR count). The third-order valence-electron chi connectivity index (χ3n) is 8.20. The minimum atomic E-state index is -1.09. The van der Waals surface area contributed by atoms with Gasteiger partial charge in [-0.15, -0.1) is 0 Å². The van der Waals surface area contributed by atoms with Gasteiger partial charge in [0.25, 0.3) is 0 Å². The van der Waals surface area contributed by atoms with Crippen molar-refractivity contribution in [3.8, 4) is 0 Å². The zero-order chi connectivity index (χ0) is 38.3. The number of carbonyl (C=O) groups excluding carboxylic acids is 5. The molecular weight excluding hydrogens is 642 g/mol. The summed E-state index contributed by atoms with van der Waals surface area (Å²) in [5.74, 6) is -1.96. The smallest absolute Gasteiger partial charge is 0.408 e. The quantitative estimate of drug-likeness (QED) is 0.110. The first-order valence-corrected chi connectivity index (χ1v) is 18.6. The average molecular weight is 712 g/mol. The van der Waals surface area contributed by atoms with Gasteiger partial charge in [0.05, 0.1) is 18.2 Å². The van der Waals surface area contributed by atoms with Crippen LogP contribution in [0.5, 0.6) is 0 Å². The SMILES string of the molecule is CC(C)C[C@H](NC(=O)OC(C)(C)C)C(=O)N[C@@H](CC1CCCO1)C(=O)N[C@@H](CC(C)C)[C@@H](O)C[C@@H](C)C(=O)N[C@@H](CC(C)C)C(=O)NC(C)C. The minimum Gasteiger partial charge on any atom is -0.444 e. The number of aliphatic hydroxyl groups is 1. The van der Waals surface area contributed by atoms with E-state index in [1.807, 2.05) is 55.4 Å². The van der Waals surface area contributed by atoms with Crippen LogP contribution < -0.4 is 26.6 Å². The maximum absolute atomic E-state index is 13.9. The molecule has 50 heavy (non-hydrogen) atoms. The third-order valence-corrected chi connectivity index (χ3v) is 8.20. The van der Waals surface area contributed by atoms with Crippen molar-refractivity contribution in [2.24, 2.45) is 23.7 Å². The zero-order valence-corrected chi connectivity index (χ0v) is 32.8. The van der Waals surface area contributed by atoms with Crippen LogP contribution in [0, 0.1) is 23.7 Å². The van der Waals surface area contributed by atoms with E-state index in [-0.39, 0.29) is 54.6 Å². The first kappa shape index (κ1) is 45.1. The zero-order valence-electron chi connectivity index (χ0n) is 32.8. The summed E-state index contributed by atoms with van der Waals surface area (Å²) in [6, 6.07) is -3.45. The number of aliphatic hydroxyl groups excluding tert-OH is 1. The van der Waals surface area contributed by atoms with Gasteiger partial charge in [-0.25, -0.2) is 4.79 Å². The first-order valence-electron chi connectivity index (χ1n) is 18.6. The molecule has 0 aromatic carbocycles. The molecule has 0 aliphatic carbocycles. The Bertz CT molecular complexity index is 1080. The third kappa shape index (κ3) is 18.3. The van der Waals surface area contributed by atoms with E-state index >= 15 is 0 Å². The molecule has 0 spiro atoms. The van der Waals surface area contributed by atoms with Gasteiger partial charge in [0.2, 0.25) is 23.6 Å². The van der Waals surface area contributed by atoms with Gasteiger partial charge in [-0.3, -0.25) is 19.2 Å². The van der Waals surface area contributed by atoms with Crippen LogP contribution in [0.25, 0.3) is 0 Å². The number of rotatable bonds is 20. The molecule has 1 aliphatic rings. The Morgan fingerprint density at radius 1 is 0.680 bits per heavy atom. The van der Waals surface area contributed by atoms with Crippen molar-refractivity contribution in [2.75, 3.05) is 6.61 Å². The molecule has 1 saturated heterocycles. The lowest BCUT2D eigenvalue weighted by Crippen LogP contribution is -2.57. The van der Waals surface area contributed by atoms with Crippen molar-refractivity contribution < 1.29 is 38.6 Å². The van der Waals surface area contributed by atoms with Crippen molar-refractivity contribution in [1.29, 1.82) is 0 Å². The molecule has 1 fully saturated rings. The highest BCUT2D eigenvalue weighted by molar-refractivity contribution is 5.91. The van der Waals surface area contributed by atoms with Crippen molar-refractivity contribution in [3.63, 3.8) is 0 Å². The summed E-state index contributed by atoms with van der Waals surface area (Å²) >= 11 is 0. The summed E-state index contributed by atoms with van der Waals surface area (Å²) in [6.07, 6.45) is 1.00. The van der Waals surface area contributed by atoms with Crippen molar-refractivity contribution in [2.45, 2.75) is 176 Å². The van der Waals surface area contributed by atoms with Crippen LogP contribution in [0.15, 0.2) is 0 Å². The van der Waals surface area contributed by atoms with Gasteiger partial charge in [-0.2, -0.15) is 0 Å². The fourth-order valence-electron chi connectivity index (χ4n) is 5.89. The molecule has 6 N–H and O–H groups in total. The van der Waals surface area contributed by atoms with Crippen LogP contribution in [0.4, 0.5) is 4.79 Å². The van der Waals surface area contributed by atoms with E-state index in [0.717, 1.165) is 12.8 Å². The van der Waals surface area contributed by atoms with Crippen LogP contribution in [0.2, 0.25) is 0 Å². The molecule has 7 atom stereocenters. The van der Waals surface area contributed by atoms with Gasteiger partial charge in [-0.05, 0) is 90.9 Å². The van der Waals surface area contributed by atoms with Crippen molar-refractivity contribution in [1.82, 2.24) is 26.6 Å². The summed E-state index contributed by atoms with van der Waals surface area (Å²) in [4.78, 5) is 66.2. The van der Waals surface area contributed by atoms with Gasteiger partial charge in [0.1, 0.15) is 23.7 Å². The number of ether oxygens (including phenoxy) is 2. The monoisotopic (exact) mass is 712 g/mol. The number of hydrogen-bond donors (Lipinski definition) is 6. The van der Waals surface area contributed by atoms with Crippen LogP contribution in [0.1, 0.15) is 128 Å². The van der Waals surface area contributed by atoms with Crippen LogP contribution in [-0.2, 0) is 28.7 Å². The fourth-order valence-corrected chi connectivity index (χ4v) is 5.89. The Morgan fingerprint density at radius 3 is 1.66 bits per heavy atom. The highest BCUT2D eigenvalue weighted by Gasteiger charge is 2.35. The molecular formula is C37H69N5O8. The molecule has 13 heteroatoms. The van der Waals surface area contributed by atoms with Crippen LogP contribution >= 0.6 is 0 Å². The largest absolute Gasteiger partial charge is 0.444 e. The van der Waals surface area contributed by atoms with E-state index in [1.165, 1.54) is 0 Å². The number of nitrogens with one attached hydrogen (secondary N) is 5. The average Bonchev–Trinajstić information content (AvgIpc) is 3.46. The number of carbonyl (C=O) groups is 5. The number of alkyl carbamates (subject to hydrolysis) is 1. The summed E-state index contributed by atoms with van der Waals surface area (Å²) < 4.78 is 11.2. The molecule has 0 aromatic rings. The van der Waals surface area contributed by atoms with E-state index < -0.39 is 59.7 Å². The number of hydrogen-bond acceptors (Lipinski definition) is 8. The molecule has 0 bridgehead atoms. The summed E-state index contributed by atoms with van der Waals surface area (Å²) in [5.41, 5.74) is -0.756. The summed E-state index contributed by atoms with van der Waals surface area (Å²) in [6.45, 7) is 22.9. The molecule has 1 unspecified atom stereocenters. The normalized spacial score (nSPS) is 18.6. The molecule has 0 saturated carbocycles. The number of amides is 5. The van der Waals surface area contributed by atoms with Crippen LogP contribution in [0.3, 0.4) is 0 Å². The van der Waals surface area contributed by atoms with Gasteiger partial charge < -0.3 is 41.2 Å². The Labute approximate surface area is 300 Å². The lowest BCUT2D eigenvalue weighted by Gasteiger charge is -2.31. The predicted molar refractivity (Wildman–Crippen MR) is 194 cm³/mol. The van der Waals surface area contributed by atoms with Crippen LogP contribution in [-0.4, -0.2) is 89.5 Å². The summed E-state index contributed by atoms with van der Waals surface area (Å²) in [7, 11) is 0. The van der Waals surface area contributed by atoms with E-state index in [1.54, 1.807) is 27.7 Å².